The second-order valence-electron chi connectivity index (χ2n) is 12.2. The Morgan fingerprint density at radius 2 is 1.93 bits per heavy atom. The highest BCUT2D eigenvalue weighted by Crippen LogP contribution is 2.64. The summed E-state index contributed by atoms with van der Waals surface area (Å²) in [5.74, 6) is 4.35. The number of nitrogens with one attached hydrogen (secondary N) is 1. The van der Waals surface area contributed by atoms with E-state index in [4.69, 9.17) is 5.73 Å². The van der Waals surface area contributed by atoms with Gasteiger partial charge in [-0.2, -0.15) is 0 Å². The van der Waals surface area contributed by atoms with Crippen molar-refractivity contribution >= 4 is 5.78 Å². The maximum Gasteiger partial charge on any atom is 0.134 e. The van der Waals surface area contributed by atoms with Crippen LogP contribution in [0.15, 0.2) is 11.1 Å². The van der Waals surface area contributed by atoms with Gasteiger partial charge in [0, 0.05) is 24.4 Å². The summed E-state index contributed by atoms with van der Waals surface area (Å²) in [6.07, 6.45) is 14.2. The van der Waals surface area contributed by atoms with E-state index in [1.54, 1.807) is 5.57 Å². The van der Waals surface area contributed by atoms with Gasteiger partial charge in [-0.1, -0.05) is 31.4 Å². The van der Waals surface area contributed by atoms with Crippen LogP contribution in [-0.4, -0.2) is 23.9 Å². The van der Waals surface area contributed by atoms with Gasteiger partial charge in [-0.05, 0) is 106 Å². The Hall–Kier alpha value is -0.670. The van der Waals surface area contributed by atoms with Crippen molar-refractivity contribution in [3.8, 4) is 0 Å². The van der Waals surface area contributed by atoms with Gasteiger partial charge in [0.15, 0.2) is 0 Å². The van der Waals surface area contributed by atoms with Crippen LogP contribution in [0.5, 0.6) is 0 Å². The first kappa shape index (κ1) is 21.2. The fourth-order valence-corrected chi connectivity index (χ4v) is 8.83. The molecule has 3 heteroatoms. The lowest BCUT2D eigenvalue weighted by Crippen LogP contribution is -2.64. The van der Waals surface area contributed by atoms with Crippen LogP contribution in [0.3, 0.4) is 0 Å². The Kier molecular flexibility index (Phi) is 5.46. The first-order valence-corrected chi connectivity index (χ1v) is 13.0. The molecule has 0 bridgehead atoms. The Morgan fingerprint density at radius 3 is 2.70 bits per heavy atom. The summed E-state index contributed by atoms with van der Waals surface area (Å²) in [5, 5.41) is 3.83. The Morgan fingerprint density at radius 1 is 1.10 bits per heavy atom. The molecule has 1 saturated heterocycles. The van der Waals surface area contributed by atoms with E-state index in [9.17, 15) is 4.79 Å². The van der Waals surface area contributed by atoms with Crippen molar-refractivity contribution in [3.05, 3.63) is 11.1 Å². The number of rotatable bonds is 2. The van der Waals surface area contributed by atoms with Crippen LogP contribution in [0.25, 0.3) is 0 Å². The number of ketones is 1. The van der Waals surface area contributed by atoms with Gasteiger partial charge in [-0.25, -0.2) is 0 Å². The molecule has 0 amide bonds. The number of hydrogen-bond donors (Lipinski definition) is 2. The molecule has 8 atom stereocenters. The summed E-state index contributed by atoms with van der Waals surface area (Å²) < 4.78 is 0. The summed E-state index contributed by atoms with van der Waals surface area (Å²) in [6, 6.07) is 0.735. The quantitative estimate of drug-likeness (QED) is 0.598. The number of piperidine rings is 1. The first-order chi connectivity index (χ1) is 14.3. The molecular weight excluding hydrogens is 368 g/mol. The standard InChI is InChI=1S/C27H44N2O/c1-17-14-19(18(2)25-6-4-5-13-29-25)7-8-21-22-10-12-27(28)16-20(30)9-11-26(27,3)24(22)15-23(17)21/h18-19,21-22,24-25,29H,4-16,28H2,1-3H3/t18-,19?,21-,22-,24?,25?,26+,27-/m0/s1. The van der Waals surface area contributed by atoms with E-state index in [0.717, 1.165) is 49.0 Å². The molecule has 3 saturated carbocycles. The van der Waals surface area contributed by atoms with Gasteiger partial charge < -0.3 is 11.1 Å². The number of carbonyl (C=O) groups is 1. The van der Waals surface area contributed by atoms with Crippen LogP contribution in [0.2, 0.25) is 0 Å². The smallest absolute Gasteiger partial charge is 0.134 e. The Labute approximate surface area is 184 Å². The van der Waals surface area contributed by atoms with Gasteiger partial charge in [0.25, 0.3) is 0 Å². The van der Waals surface area contributed by atoms with Crippen molar-refractivity contribution in [1.82, 2.24) is 5.32 Å². The zero-order valence-electron chi connectivity index (χ0n) is 19.6. The van der Waals surface area contributed by atoms with Crippen molar-refractivity contribution in [1.29, 1.82) is 0 Å². The van der Waals surface area contributed by atoms with E-state index in [1.807, 2.05) is 5.57 Å². The van der Waals surface area contributed by atoms with Gasteiger partial charge >= 0.3 is 0 Å². The highest BCUT2D eigenvalue weighted by atomic mass is 16.1. The van der Waals surface area contributed by atoms with E-state index < -0.39 is 0 Å². The highest BCUT2D eigenvalue weighted by Gasteiger charge is 2.61. The van der Waals surface area contributed by atoms with Crippen LogP contribution in [-0.2, 0) is 4.79 Å². The number of Topliss-reactive ketones (excluding diaryl/α,β-unsaturated/α-hetero) is 1. The fourth-order valence-electron chi connectivity index (χ4n) is 8.83. The van der Waals surface area contributed by atoms with Gasteiger partial charge in [0.05, 0.1) is 0 Å². The molecule has 5 aliphatic rings. The van der Waals surface area contributed by atoms with E-state index in [2.05, 4.69) is 26.1 Å². The maximum atomic E-state index is 12.2. The van der Waals surface area contributed by atoms with Crippen LogP contribution in [0.1, 0.15) is 97.8 Å². The molecule has 1 aliphatic heterocycles. The molecule has 168 valence electrons. The lowest BCUT2D eigenvalue weighted by atomic mass is 9.49. The molecule has 3 unspecified atom stereocenters. The fraction of sp³-hybridized carbons (Fsp3) is 0.889. The van der Waals surface area contributed by atoms with Crippen LogP contribution in [0, 0.1) is 35.0 Å². The van der Waals surface area contributed by atoms with Crippen molar-refractivity contribution in [2.45, 2.75) is 109 Å². The topological polar surface area (TPSA) is 55.1 Å². The van der Waals surface area contributed by atoms with Crippen LogP contribution < -0.4 is 11.1 Å². The average molecular weight is 413 g/mol. The second kappa shape index (κ2) is 7.73. The van der Waals surface area contributed by atoms with Gasteiger partial charge in [0.1, 0.15) is 5.78 Å². The minimum Gasteiger partial charge on any atom is -0.324 e. The molecule has 4 fully saturated rings. The molecule has 30 heavy (non-hydrogen) atoms. The largest absolute Gasteiger partial charge is 0.324 e. The van der Waals surface area contributed by atoms with Crippen molar-refractivity contribution in [2.75, 3.05) is 6.54 Å². The number of carbonyl (C=O) groups excluding carboxylic acids is 1. The van der Waals surface area contributed by atoms with Crippen LogP contribution in [0.4, 0.5) is 0 Å². The number of nitrogens with two attached hydrogens (primary N) is 1. The van der Waals surface area contributed by atoms with Gasteiger partial charge in [0.2, 0.25) is 0 Å². The molecule has 4 aliphatic carbocycles. The molecule has 0 radical (unpaired) electrons. The van der Waals surface area contributed by atoms with E-state index in [1.165, 1.54) is 57.9 Å². The van der Waals surface area contributed by atoms with Crippen LogP contribution >= 0.6 is 0 Å². The third kappa shape index (κ3) is 3.25. The average Bonchev–Trinajstić information content (AvgIpc) is 3.04. The minimum atomic E-state index is -0.245. The number of fused-ring (bicyclic) bond motifs is 5. The third-order valence-electron chi connectivity index (χ3n) is 10.9. The van der Waals surface area contributed by atoms with E-state index in [-0.39, 0.29) is 11.0 Å². The predicted molar refractivity (Wildman–Crippen MR) is 123 cm³/mol. The lowest BCUT2D eigenvalue weighted by molar-refractivity contribution is -0.132. The van der Waals surface area contributed by atoms with Crippen molar-refractivity contribution in [2.24, 2.45) is 40.7 Å². The monoisotopic (exact) mass is 412 g/mol. The summed E-state index contributed by atoms with van der Waals surface area (Å²) in [6.45, 7) is 8.66. The Bertz CT molecular complexity index is 722. The summed E-state index contributed by atoms with van der Waals surface area (Å²) in [7, 11) is 0. The first-order valence-electron chi connectivity index (χ1n) is 13.0. The normalized spacial score (nSPS) is 47.9. The zero-order valence-corrected chi connectivity index (χ0v) is 19.6. The van der Waals surface area contributed by atoms with Gasteiger partial charge in [-0.15, -0.1) is 0 Å². The summed E-state index contributed by atoms with van der Waals surface area (Å²) in [4.78, 5) is 12.2. The third-order valence-corrected chi connectivity index (χ3v) is 10.9. The summed E-state index contributed by atoms with van der Waals surface area (Å²) in [5.41, 5.74) is 10.4. The highest BCUT2D eigenvalue weighted by molar-refractivity contribution is 5.81. The Balaban J connectivity index is 1.37. The molecule has 5 rings (SSSR count). The van der Waals surface area contributed by atoms with E-state index >= 15 is 0 Å². The maximum absolute atomic E-state index is 12.2. The molecule has 1 heterocycles. The molecule has 0 spiro atoms. The lowest BCUT2D eigenvalue weighted by Gasteiger charge is -2.58. The SMILES string of the molecule is CC1=C2CC3[C@@H](CC[C@]4(N)CC(=O)CC[C@]34C)[C@@H]2CCC([C@H](C)C2CCCCN2)C1. The van der Waals surface area contributed by atoms with Crippen molar-refractivity contribution < 1.29 is 4.79 Å². The molecule has 0 aromatic carbocycles. The number of allylic oxidation sites excluding steroid dienone is 2. The summed E-state index contributed by atoms with van der Waals surface area (Å²) >= 11 is 0. The zero-order chi connectivity index (χ0) is 21.1. The molecule has 0 aromatic heterocycles. The molecular formula is C27H44N2O. The molecule has 0 aromatic rings. The van der Waals surface area contributed by atoms with Gasteiger partial charge in [-0.3, -0.25) is 4.79 Å². The molecule has 3 N–H and O–H groups in total. The van der Waals surface area contributed by atoms with Crippen molar-refractivity contribution in [3.63, 3.8) is 0 Å². The van der Waals surface area contributed by atoms with E-state index in [0.29, 0.717) is 18.1 Å². The molecule has 3 nitrogen and oxygen atoms in total. The predicted octanol–water partition coefficient (Wildman–Crippen LogP) is 5.38. The number of hydrogen-bond acceptors (Lipinski definition) is 3. The second-order valence-corrected chi connectivity index (χ2v) is 12.2. The minimum absolute atomic E-state index is 0.155.